The van der Waals surface area contributed by atoms with Crippen molar-refractivity contribution in [2.45, 2.75) is 6.54 Å². The Labute approximate surface area is 125 Å². The van der Waals surface area contributed by atoms with E-state index in [4.69, 9.17) is 22.7 Å². The SMILES string of the molecule is COc1ccccc1CN(C)c1cccc(C(N)=S)c1. The maximum atomic E-state index is 5.67. The lowest BCUT2D eigenvalue weighted by Gasteiger charge is -2.21. The molecule has 3 nitrogen and oxygen atoms in total. The van der Waals surface area contributed by atoms with Gasteiger partial charge >= 0.3 is 0 Å². The van der Waals surface area contributed by atoms with E-state index in [1.54, 1.807) is 7.11 Å². The minimum absolute atomic E-state index is 0.414. The van der Waals surface area contributed by atoms with Crippen molar-refractivity contribution in [3.05, 3.63) is 59.7 Å². The highest BCUT2D eigenvalue weighted by Crippen LogP contribution is 2.22. The number of ether oxygens (including phenoxy) is 1. The number of nitrogens with zero attached hydrogens (tertiary/aromatic N) is 1. The second kappa shape index (κ2) is 6.39. The summed E-state index contributed by atoms with van der Waals surface area (Å²) in [7, 11) is 3.72. The smallest absolute Gasteiger partial charge is 0.123 e. The number of hydrogen-bond acceptors (Lipinski definition) is 3. The fourth-order valence-electron chi connectivity index (χ4n) is 2.08. The lowest BCUT2D eigenvalue weighted by molar-refractivity contribution is 0.409. The van der Waals surface area contributed by atoms with Gasteiger partial charge in [0.05, 0.1) is 7.11 Å². The van der Waals surface area contributed by atoms with Crippen LogP contribution in [0.15, 0.2) is 48.5 Å². The Morgan fingerprint density at radius 2 is 1.95 bits per heavy atom. The third-order valence-electron chi connectivity index (χ3n) is 3.17. The summed E-state index contributed by atoms with van der Waals surface area (Å²) < 4.78 is 5.38. The van der Waals surface area contributed by atoms with Crippen molar-refractivity contribution in [1.82, 2.24) is 0 Å². The first-order chi connectivity index (χ1) is 9.61. The van der Waals surface area contributed by atoms with E-state index in [1.165, 1.54) is 0 Å². The number of rotatable bonds is 5. The number of methoxy groups -OCH3 is 1. The second-order valence-electron chi connectivity index (χ2n) is 4.58. The van der Waals surface area contributed by atoms with Crippen LogP contribution in [-0.2, 0) is 6.54 Å². The molecule has 0 spiro atoms. The Morgan fingerprint density at radius 1 is 1.20 bits per heavy atom. The maximum absolute atomic E-state index is 5.67. The predicted octanol–water partition coefficient (Wildman–Crippen LogP) is 2.97. The maximum Gasteiger partial charge on any atom is 0.123 e. The Kier molecular flexibility index (Phi) is 4.58. The molecule has 0 atom stereocenters. The quantitative estimate of drug-likeness (QED) is 0.858. The molecule has 0 aromatic heterocycles. The first kappa shape index (κ1) is 14.3. The molecule has 2 aromatic carbocycles. The fourth-order valence-corrected chi connectivity index (χ4v) is 2.20. The lowest BCUT2D eigenvalue weighted by atomic mass is 10.1. The van der Waals surface area contributed by atoms with E-state index in [1.807, 2.05) is 49.5 Å². The molecule has 2 N–H and O–H groups in total. The van der Waals surface area contributed by atoms with Gasteiger partial charge in [-0.25, -0.2) is 0 Å². The van der Waals surface area contributed by atoms with Crippen LogP contribution in [0.3, 0.4) is 0 Å². The van der Waals surface area contributed by atoms with Crippen LogP contribution in [0.4, 0.5) is 5.69 Å². The van der Waals surface area contributed by atoms with E-state index >= 15 is 0 Å². The average Bonchev–Trinajstić information content (AvgIpc) is 2.48. The summed E-state index contributed by atoms with van der Waals surface area (Å²) in [6.07, 6.45) is 0. The van der Waals surface area contributed by atoms with Gasteiger partial charge in [0.25, 0.3) is 0 Å². The van der Waals surface area contributed by atoms with Crippen molar-refractivity contribution in [2.75, 3.05) is 19.1 Å². The summed E-state index contributed by atoms with van der Waals surface area (Å²) in [6, 6.07) is 15.9. The molecular formula is C16H18N2OS. The molecule has 0 bridgehead atoms. The highest BCUT2D eigenvalue weighted by molar-refractivity contribution is 7.80. The van der Waals surface area contributed by atoms with Crippen molar-refractivity contribution in [3.8, 4) is 5.75 Å². The molecule has 2 aromatic rings. The van der Waals surface area contributed by atoms with Crippen molar-refractivity contribution in [1.29, 1.82) is 0 Å². The zero-order valence-electron chi connectivity index (χ0n) is 11.7. The largest absolute Gasteiger partial charge is 0.496 e. The Morgan fingerprint density at radius 3 is 2.65 bits per heavy atom. The molecule has 0 saturated carbocycles. The van der Waals surface area contributed by atoms with Gasteiger partial charge < -0.3 is 15.4 Å². The molecular weight excluding hydrogens is 268 g/mol. The highest BCUT2D eigenvalue weighted by Gasteiger charge is 2.07. The third-order valence-corrected chi connectivity index (χ3v) is 3.41. The number of benzene rings is 2. The van der Waals surface area contributed by atoms with Gasteiger partial charge in [0.15, 0.2) is 0 Å². The monoisotopic (exact) mass is 286 g/mol. The molecule has 0 radical (unpaired) electrons. The van der Waals surface area contributed by atoms with Gasteiger partial charge in [-0.15, -0.1) is 0 Å². The van der Waals surface area contributed by atoms with Crippen molar-refractivity contribution in [2.24, 2.45) is 5.73 Å². The van der Waals surface area contributed by atoms with Gasteiger partial charge in [-0.05, 0) is 18.2 Å². The molecule has 0 fully saturated rings. The molecule has 0 aliphatic heterocycles. The molecule has 2 rings (SSSR count). The predicted molar refractivity (Wildman–Crippen MR) is 87.4 cm³/mol. The standard InChI is InChI=1S/C16H18N2OS/c1-18(11-13-6-3-4-9-15(13)19-2)14-8-5-7-12(10-14)16(17)20/h3-10H,11H2,1-2H3,(H2,17,20). The molecule has 0 heterocycles. The molecule has 0 amide bonds. The topological polar surface area (TPSA) is 38.5 Å². The first-order valence-electron chi connectivity index (χ1n) is 6.34. The number of anilines is 1. The number of nitrogens with two attached hydrogens (primary N) is 1. The Hall–Kier alpha value is -2.07. The van der Waals surface area contributed by atoms with Gasteiger partial charge in [0.1, 0.15) is 10.7 Å². The van der Waals surface area contributed by atoms with Gasteiger partial charge in [-0.3, -0.25) is 0 Å². The number of hydrogen-bond donors (Lipinski definition) is 1. The van der Waals surface area contributed by atoms with E-state index in [-0.39, 0.29) is 0 Å². The zero-order chi connectivity index (χ0) is 14.5. The molecule has 0 aliphatic carbocycles. The molecule has 104 valence electrons. The van der Waals surface area contributed by atoms with E-state index < -0.39 is 0 Å². The summed E-state index contributed by atoms with van der Waals surface area (Å²) in [5.74, 6) is 0.893. The van der Waals surface area contributed by atoms with Crippen LogP contribution in [-0.4, -0.2) is 19.1 Å². The van der Waals surface area contributed by atoms with Crippen LogP contribution in [0.25, 0.3) is 0 Å². The van der Waals surface area contributed by atoms with Crippen LogP contribution in [0.1, 0.15) is 11.1 Å². The van der Waals surface area contributed by atoms with Gasteiger partial charge in [-0.2, -0.15) is 0 Å². The molecule has 0 aliphatic rings. The first-order valence-corrected chi connectivity index (χ1v) is 6.75. The molecule has 0 saturated heterocycles. The summed E-state index contributed by atoms with van der Waals surface area (Å²) in [5.41, 5.74) is 8.76. The summed E-state index contributed by atoms with van der Waals surface area (Å²) in [4.78, 5) is 2.55. The normalized spacial score (nSPS) is 10.1. The molecule has 20 heavy (non-hydrogen) atoms. The zero-order valence-corrected chi connectivity index (χ0v) is 12.5. The minimum atomic E-state index is 0.414. The Bertz CT molecular complexity index is 613. The van der Waals surface area contributed by atoms with E-state index in [0.717, 1.165) is 29.1 Å². The van der Waals surface area contributed by atoms with Crippen molar-refractivity contribution >= 4 is 22.9 Å². The van der Waals surface area contributed by atoms with Crippen LogP contribution in [0, 0.1) is 0 Å². The third kappa shape index (κ3) is 3.27. The summed E-state index contributed by atoms with van der Waals surface area (Å²) in [5, 5.41) is 0. The highest BCUT2D eigenvalue weighted by atomic mass is 32.1. The molecule has 4 heteroatoms. The van der Waals surface area contributed by atoms with E-state index in [9.17, 15) is 0 Å². The number of thiocarbonyl (C=S) groups is 1. The van der Waals surface area contributed by atoms with Crippen LogP contribution < -0.4 is 15.4 Å². The summed E-state index contributed by atoms with van der Waals surface area (Å²) >= 11 is 5.02. The van der Waals surface area contributed by atoms with Gasteiger partial charge in [0.2, 0.25) is 0 Å². The molecule has 0 unspecified atom stereocenters. The van der Waals surface area contributed by atoms with Crippen molar-refractivity contribution < 1.29 is 4.74 Å². The Balaban J connectivity index is 2.21. The number of para-hydroxylation sites is 1. The second-order valence-corrected chi connectivity index (χ2v) is 5.02. The van der Waals surface area contributed by atoms with Crippen LogP contribution >= 0.6 is 12.2 Å². The van der Waals surface area contributed by atoms with E-state index in [2.05, 4.69) is 11.0 Å². The van der Waals surface area contributed by atoms with E-state index in [0.29, 0.717) is 4.99 Å². The lowest BCUT2D eigenvalue weighted by Crippen LogP contribution is -2.18. The van der Waals surface area contributed by atoms with Crippen LogP contribution in [0.2, 0.25) is 0 Å². The summed E-state index contributed by atoms with van der Waals surface area (Å²) in [6.45, 7) is 0.755. The minimum Gasteiger partial charge on any atom is -0.496 e. The van der Waals surface area contributed by atoms with Crippen molar-refractivity contribution in [3.63, 3.8) is 0 Å². The van der Waals surface area contributed by atoms with Crippen LogP contribution in [0.5, 0.6) is 5.75 Å². The fraction of sp³-hybridized carbons (Fsp3) is 0.188. The average molecular weight is 286 g/mol. The van der Waals surface area contributed by atoms with Gasteiger partial charge in [-0.1, -0.05) is 42.5 Å². The van der Waals surface area contributed by atoms with Gasteiger partial charge in [0, 0.05) is 30.4 Å².